The Kier molecular flexibility index (Phi) is 8.08. The van der Waals surface area contributed by atoms with Crippen LogP contribution < -0.4 is 9.47 Å². The van der Waals surface area contributed by atoms with Gasteiger partial charge in [0, 0.05) is 12.5 Å². The molecule has 1 aromatic heterocycles. The minimum atomic E-state index is -3.88. The molecule has 0 amide bonds. The van der Waals surface area contributed by atoms with E-state index in [1.807, 2.05) is 19.1 Å². The van der Waals surface area contributed by atoms with E-state index in [0.717, 1.165) is 11.1 Å². The summed E-state index contributed by atoms with van der Waals surface area (Å²) in [5.41, 5.74) is 2.63. The van der Waals surface area contributed by atoms with Crippen molar-refractivity contribution in [1.82, 2.24) is 15.0 Å². The molecule has 3 rings (SSSR count). The van der Waals surface area contributed by atoms with Crippen LogP contribution in [0.2, 0.25) is 0 Å². The molecule has 0 atom stereocenters. The van der Waals surface area contributed by atoms with Crippen LogP contribution in [-0.2, 0) is 24.8 Å². The van der Waals surface area contributed by atoms with Crippen LogP contribution in [0.3, 0.4) is 0 Å². The fourth-order valence-corrected chi connectivity index (χ4v) is 5.01. The van der Waals surface area contributed by atoms with Gasteiger partial charge in [-0.1, -0.05) is 38.1 Å². The Hall–Kier alpha value is -3.40. The number of hydrogen-bond donors (Lipinski definition) is 0. The van der Waals surface area contributed by atoms with E-state index in [1.54, 1.807) is 31.2 Å². The minimum absolute atomic E-state index is 0.0903. The molecule has 0 aliphatic carbocycles. The number of carbonyl (C=O) groups is 1. The monoisotopic (exact) mass is 515 g/mol. The highest BCUT2D eigenvalue weighted by molar-refractivity contribution is 7.91. The van der Waals surface area contributed by atoms with Crippen molar-refractivity contribution in [3.8, 4) is 17.2 Å². The maximum atomic E-state index is 13.4. The first-order valence-electron chi connectivity index (χ1n) is 11.6. The largest absolute Gasteiger partial charge is 0.494 e. The average Bonchev–Trinajstić information content (AvgIpc) is 3.23. The lowest BCUT2D eigenvalue weighted by Gasteiger charge is -2.19. The second-order valence-electron chi connectivity index (χ2n) is 9.49. The molecule has 2 aromatic carbocycles. The standard InChI is InChI=1S/C26H33N3O6S/c1-17-15-21(23(33-6)16-22(17)35-14-8-9-24(30)34-7)29-18(2)25(27-28-29)36(31,32)20-12-10-19(11-13-20)26(3,4)5/h10-13,15-16H,8-9,14H2,1-7H3. The third-order valence-electron chi connectivity index (χ3n) is 5.85. The summed E-state index contributed by atoms with van der Waals surface area (Å²) in [7, 11) is -1.02. The zero-order chi connectivity index (χ0) is 26.7. The first kappa shape index (κ1) is 27.2. The Morgan fingerprint density at radius 3 is 2.28 bits per heavy atom. The van der Waals surface area contributed by atoms with Gasteiger partial charge in [0.2, 0.25) is 14.9 Å². The highest BCUT2D eigenvalue weighted by Crippen LogP contribution is 2.33. The van der Waals surface area contributed by atoms with Crippen LogP contribution >= 0.6 is 0 Å². The van der Waals surface area contributed by atoms with Gasteiger partial charge in [-0.25, -0.2) is 13.1 Å². The van der Waals surface area contributed by atoms with Crippen molar-refractivity contribution in [1.29, 1.82) is 0 Å². The summed E-state index contributed by atoms with van der Waals surface area (Å²) < 4.78 is 44.2. The molecule has 1 heterocycles. The number of aryl methyl sites for hydroxylation is 1. The second kappa shape index (κ2) is 10.7. The zero-order valence-electron chi connectivity index (χ0n) is 21.8. The molecule has 0 unspecified atom stereocenters. The summed E-state index contributed by atoms with van der Waals surface area (Å²) in [5, 5.41) is 8.04. The maximum absolute atomic E-state index is 13.4. The Labute approximate surface area is 212 Å². The van der Waals surface area contributed by atoms with Gasteiger partial charge in [0.1, 0.15) is 17.2 Å². The van der Waals surface area contributed by atoms with Gasteiger partial charge >= 0.3 is 5.97 Å². The second-order valence-corrected chi connectivity index (χ2v) is 11.4. The molecule has 36 heavy (non-hydrogen) atoms. The van der Waals surface area contributed by atoms with Gasteiger partial charge in [-0.2, -0.15) is 0 Å². The van der Waals surface area contributed by atoms with Crippen LogP contribution in [0.5, 0.6) is 11.5 Å². The van der Waals surface area contributed by atoms with Crippen molar-refractivity contribution in [3.63, 3.8) is 0 Å². The van der Waals surface area contributed by atoms with Gasteiger partial charge in [-0.05, 0) is 55.0 Å². The molecular formula is C26H33N3O6S. The third kappa shape index (κ3) is 5.70. The van der Waals surface area contributed by atoms with Gasteiger partial charge in [-0.3, -0.25) is 4.79 Å². The van der Waals surface area contributed by atoms with Crippen molar-refractivity contribution < 1.29 is 27.4 Å². The van der Waals surface area contributed by atoms with Gasteiger partial charge in [-0.15, -0.1) is 5.10 Å². The highest BCUT2D eigenvalue weighted by Gasteiger charge is 2.27. The number of methoxy groups -OCH3 is 2. The van der Waals surface area contributed by atoms with E-state index < -0.39 is 9.84 Å². The molecule has 0 radical (unpaired) electrons. The van der Waals surface area contributed by atoms with E-state index in [2.05, 4.69) is 35.8 Å². The number of hydrogen-bond acceptors (Lipinski definition) is 8. The molecule has 0 bridgehead atoms. The fourth-order valence-electron chi connectivity index (χ4n) is 3.68. The van der Waals surface area contributed by atoms with Gasteiger partial charge in [0.15, 0.2) is 0 Å². The van der Waals surface area contributed by atoms with Crippen LogP contribution in [-0.4, -0.2) is 50.2 Å². The van der Waals surface area contributed by atoms with E-state index >= 15 is 0 Å². The summed E-state index contributed by atoms with van der Waals surface area (Å²) in [5.74, 6) is 0.737. The van der Waals surface area contributed by atoms with Crippen LogP contribution in [0.15, 0.2) is 46.3 Å². The molecule has 194 valence electrons. The maximum Gasteiger partial charge on any atom is 0.305 e. The SMILES string of the molecule is COC(=O)CCCOc1cc(OC)c(-n2nnc(S(=O)(=O)c3ccc(C(C)(C)C)cc3)c2C)cc1C. The van der Waals surface area contributed by atoms with E-state index in [1.165, 1.54) is 18.9 Å². The number of ether oxygens (including phenoxy) is 3. The normalized spacial score (nSPS) is 11.9. The van der Waals surface area contributed by atoms with Gasteiger partial charge in [0.05, 0.1) is 31.4 Å². The van der Waals surface area contributed by atoms with Gasteiger partial charge in [0.25, 0.3) is 0 Å². The fraction of sp³-hybridized carbons (Fsp3) is 0.423. The van der Waals surface area contributed by atoms with Crippen LogP contribution in [0, 0.1) is 13.8 Å². The van der Waals surface area contributed by atoms with Crippen molar-refractivity contribution >= 4 is 15.8 Å². The summed E-state index contributed by atoms with van der Waals surface area (Å²) in [6, 6.07) is 10.4. The number of aromatic nitrogens is 3. The summed E-state index contributed by atoms with van der Waals surface area (Å²) in [6.07, 6.45) is 0.773. The molecule has 0 spiro atoms. The van der Waals surface area contributed by atoms with E-state index in [0.29, 0.717) is 35.9 Å². The minimum Gasteiger partial charge on any atom is -0.494 e. The van der Waals surface area contributed by atoms with E-state index in [-0.39, 0.29) is 27.7 Å². The lowest BCUT2D eigenvalue weighted by molar-refractivity contribution is -0.140. The van der Waals surface area contributed by atoms with E-state index in [4.69, 9.17) is 9.47 Å². The molecule has 0 N–H and O–H groups in total. The Balaban J connectivity index is 1.90. The molecule has 0 saturated heterocycles. The lowest BCUT2D eigenvalue weighted by atomic mass is 9.87. The molecule has 9 nitrogen and oxygen atoms in total. The summed E-state index contributed by atoms with van der Waals surface area (Å²) in [6.45, 7) is 10.1. The number of nitrogens with zero attached hydrogens (tertiary/aromatic N) is 3. The topological polar surface area (TPSA) is 110 Å². The number of rotatable bonds is 9. The molecule has 0 aliphatic rings. The Morgan fingerprint density at radius 1 is 1.03 bits per heavy atom. The summed E-state index contributed by atoms with van der Waals surface area (Å²) >= 11 is 0. The van der Waals surface area contributed by atoms with Crippen LogP contribution in [0.4, 0.5) is 0 Å². The average molecular weight is 516 g/mol. The quantitative estimate of drug-likeness (QED) is 0.306. The molecule has 0 fully saturated rings. The molecule has 0 aliphatic heterocycles. The molecule has 0 saturated carbocycles. The van der Waals surface area contributed by atoms with Crippen LogP contribution in [0.1, 0.15) is 50.4 Å². The highest BCUT2D eigenvalue weighted by atomic mass is 32.2. The van der Waals surface area contributed by atoms with Crippen molar-refractivity contribution in [2.45, 2.75) is 62.8 Å². The summed E-state index contributed by atoms with van der Waals surface area (Å²) in [4.78, 5) is 11.4. The number of carbonyl (C=O) groups excluding carboxylic acids is 1. The number of benzene rings is 2. The van der Waals surface area contributed by atoms with Crippen LogP contribution in [0.25, 0.3) is 5.69 Å². The Morgan fingerprint density at radius 2 is 1.69 bits per heavy atom. The first-order valence-corrected chi connectivity index (χ1v) is 13.0. The van der Waals surface area contributed by atoms with Crippen molar-refractivity contribution in [2.24, 2.45) is 0 Å². The molecule has 3 aromatic rings. The third-order valence-corrected chi connectivity index (χ3v) is 7.63. The van der Waals surface area contributed by atoms with E-state index in [9.17, 15) is 13.2 Å². The predicted molar refractivity (Wildman–Crippen MR) is 135 cm³/mol. The molecule has 10 heteroatoms. The lowest BCUT2D eigenvalue weighted by Crippen LogP contribution is -2.12. The molecular weight excluding hydrogens is 482 g/mol. The zero-order valence-corrected chi connectivity index (χ0v) is 22.6. The number of esters is 1. The smallest absolute Gasteiger partial charge is 0.305 e. The first-order chi connectivity index (χ1) is 16.9. The predicted octanol–water partition coefficient (Wildman–Crippen LogP) is 4.36. The van der Waals surface area contributed by atoms with Crippen molar-refractivity contribution in [3.05, 3.63) is 53.2 Å². The Bertz CT molecular complexity index is 1340. The van der Waals surface area contributed by atoms with Crippen molar-refractivity contribution in [2.75, 3.05) is 20.8 Å². The number of sulfone groups is 1. The van der Waals surface area contributed by atoms with Gasteiger partial charge < -0.3 is 14.2 Å².